The van der Waals surface area contributed by atoms with Gasteiger partial charge in [0, 0.05) is 10.7 Å². The number of hydrogen-bond donors (Lipinski definition) is 2. The summed E-state index contributed by atoms with van der Waals surface area (Å²) in [6, 6.07) is 8.58. The molecule has 1 amide bonds. The molecule has 0 unspecified atom stereocenters. The number of carbonyl (C=O) groups is 1. The SMILES string of the molecule is CCCOc1ccc(Cl)cc1NC(=O)Cc1ccc(N)cn1.Cl. The van der Waals surface area contributed by atoms with E-state index in [-0.39, 0.29) is 24.7 Å². The minimum absolute atomic E-state index is 0. The summed E-state index contributed by atoms with van der Waals surface area (Å²) in [5.74, 6) is 0.408. The van der Waals surface area contributed by atoms with E-state index in [2.05, 4.69) is 10.3 Å². The lowest BCUT2D eigenvalue weighted by atomic mass is 10.2. The Bertz CT molecular complexity index is 648. The van der Waals surface area contributed by atoms with Crippen molar-refractivity contribution in [2.45, 2.75) is 19.8 Å². The average molecular weight is 356 g/mol. The maximum absolute atomic E-state index is 12.1. The molecule has 0 spiro atoms. The van der Waals surface area contributed by atoms with Crippen molar-refractivity contribution < 1.29 is 9.53 Å². The zero-order chi connectivity index (χ0) is 15.9. The third kappa shape index (κ3) is 5.96. The first kappa shape index (κ1) is 19.1. The number of ether oxygens (including phenoxy) is 1. The second-order valence-electron chi connectivity index (χ2n) is 4.80. The number of nitrogen functional groups attached to an aromatic ring is 1. The Balaban J connectivity index is 0.00000264. The predicted octanol–water partition coefficient (Wildman–Crippen LogP) is 3.71. The first-order valence-electron chi connectivity index (χ1n) is 7.01. The highest BCUT2D eigenvalue weighted by atomic mass is 35.5. The smallest absolute Gasteiger partial charge is 0.230 e. The maximum atomic E-state index is 12.1. The van der Waals surface area contributed by atoms with E-state index in [4.69, 9.17) is 22.1 Å². The Kier molecular flexibility index (Phi) is 7.65. The zero-order valence-electron chi connectivity index (χ0n) is 12.7. The quantitative estimate of drug-likeness (QED) is 0.827. The number of amides is 1. The van der Waals surface area contributed by atoms with Crippen LogP contribution in [0.1, 0.15) is 19.0 Å². The molecule has 0 aliphatic rings. The number of nitrogens with two attached hydrogens (primary N) is 1. The number of nitrogens with one attached hydrogen (secondary N) is 1. The van der Waals surface area contributed by atoms with Crippen molar-refractivity contribution in [1.82, 2.24) is 4.98 Å². The fourth-order valence-electron chi connectivity index (χ4n) is 1.84. The van der Waals surface area contributed by atoms with E-state index in [9.17, 15) is 4.79 Å². The van der Waals surface area contributed by atoms with Crippen LogP contribution in [0.4, 0.5) is 11.4 Å². The molecule has 0 radical (unpaired) electrons. The summed E-state index contributed by atoms with van der Waals surface area (Å²) in [5.41, 5.74) is 7.33. The Hall–Kier alpha value is -1.98. The number of carbonyl (C=O) groups excluding carboxylic acids is 1. The number of nitrogens with zero attached hydrogens (tertiary/aromatic N) is 1. The van der Waals surface area contributed by atoms with E-state index < -0.39 is 0 Å². The summed E-state index contributed by atoms with van der Waals surface area (Å²) >= 11 is 5.98. The highest BCUT2D eigenvalue weighted by Gasteiger charge is 2.10. The van der Waals surface area contributed by atoms with E-state index >= 15 is 0 Å². The second kappa shape index (κ2) is 9.22. The summed E-state index contributed by atoms with van der Waals surface area (Å²) < 4.78 is 5.60. The van der Waals surface area contributed by atoms with Gasteiger partial charge in [-0.15, -0.1) is 12.4 Å². The molecule has 3 N–H and O–H groups in total. The average Bonchev–Trinajstić information content (AvgIpc) is 2.49. The van der Waals surface area contributed by atoms with Gasteiger partial charge < -0.3 is 15.8 Å². The molecule has 0 aliphatic carbocycles. The number of anilines is 2. The molecule has 0 atom stereocenters. The van der Waals surface area contributed by atoms with Crippen LogP contribution in [-0.4, -0.2) is 17.5 Å². The van der Waals surface area contributed by atoms with E-state index in [1.54, 1.807) is 30.3 Å². The van der Waals surface area contributed by atoms with Crippen LogP contribution < -0.4 is 15.8 Å². The third-order valence-corrected chi connectivity index (χ3v) is 3.10. The number of benzene rings is 1. The molecule has 124 valence electrons. The van der Waals surface area contributed by atoms with Gasteiger partial charge in [0.05, 0.1) is 30.6 Å². The molecular formula is C16H19Cl2N3O2. The normalized spacial score (nSPS) is 9.83. The minimum atomic E-state index is -0.194. The molecule has 0 saturated carbocycles. The van der Waals surface area contributed by atoms with Crippen LogP contribution in [0.3, 0.4) is 0 Å². The number of pyridine rings is 1. The third-order valence-electron chi connectivity index (χ3n) is 2.87. The topological polar surface area (TPSA) is 77.2 Å². The van der Waals surface area contributed by atoms with Crippen molar-refractivity contribution in [2.75, 3.05) is 17.7 Å². The molecule has 2 rings (SSSR count). The van der Waals surface area contributed by atoms with Crippen LogP contribution in [0.25, 0.3) is 0 Å². The maximum Gasteiger partial charge on any atom is 0.230 e. The van der Waals surface area contributed by atoms with Crippen LogP contribution in [-0.2, 0) is 11.2 Å². The molecule has 0 aliphatic heterocycles. The predicted molar refractivity (Wildman–Crippen MR) is 95.5 cm³/mol. The Morgan fingerprint density at radius 3 is 2.78 bits per heavy atom. The van der Waals surface area contributed by atoms with Crippen LogP contribution in [0.15, 0.2) is 36.5 Å². The standard InChI is InChI=1S/C16H18ClN3O2.ClH/c1-2-7-22-15-6-3-11(17)8-14(15)20-16(21)9-13-5-4-12(18)10-19-13;/h3-6,8,10H,2,7,9,18H2,1H3,(H,20,21);1H. The fourth-order valence-corrected chi connectivity index (χ4v) is 2.01. The lowest BCUT2D eigenvalue weighted by Gasteiger charge is -2.12. The van der Waals surface area contributed by atoms with Gasteiger partial charge >= 0.3 is 0 Å². The molecule has 0 saturated heterocycles. The largest absolute Gasteiger partial charge is 0.491 e. The van der Waals surface area contributed by atoms with Crippen molar-refractivity contribution in [2.24, 2.45) is 0 Å². The van der Waals surface area contributed by atoms with Gasteiger partial charge in [-0.2, -0.15) is 0 Å². The molecule has 5 nitrogen and oxygen atoms in total. The zero-order valence-corrected chi connectivity index (χ0v) is 14.3. The number of halogens is 2. The number of hydrogen-bond acceptors (Lipinski definition) is 4. The number of rotatable bonds is 6. The summed E-state index contributed by atoms with van der Waals surface area (Å²) in [6.45, 7) is 2.59. The molecule has 1 aromatic heterocycles. The molecule has 1 aromatic carbocycles. The van der Waals surface area contributed by atoms with Gasteiger partial charge in [0.25, 0.3) is 0 Å². The monoisotopic (exact) mass is 355 g/mol. The molecule has 0 bridgehead atoms. The first-order chi connectivity index (χ1) is 10.6. The highest BCUT2D eigenvalue weighted by Crippen LogP contribution is 2.28. The first-order valence-corrected chi connectivity index (χ1v) is 7.39. The van der Waals surface area contributed by atoms with Crippen molar-refractivity contribution in [3.63, 3.8) is 0 Å². The van der Waals surface area contributed by atoms with Crippen LogP contribution >= 0.6 is 24.0 Å². The van der Waals surface area contributed by atoms with Gasteiger partial charge in [0.1, 0.15) is 5.75 Å². The summed E-state index contributed by atoms with van der Waals surface area (Å²) in [6.07, 6.45) is 2.56. The molecule has 7 heteroatoms. The minimum Gasteiger partial charge on any atom is -0.491 e. The Morgan fingerprint density at radius 1 is 1.35 bits per heavy atom. The van der Waals surface area contributed by atoms with Gasteiger partial charge in [0.2, 0.25) is 5.91 Å². The number of aromatic nitrogens is 1. The van der Waals surface area contributed by atoms with Gasteiger partial charge in [0.15, 0.2) is 0 Å². The van der Waals surface area contributed by atoms with E-state index in [1.165, 1.54) is 6.20 Å². The Morgan fingerprint density at radius 2 is 2.13 bits per heavy atom. The van der Waals surface area contributed by atoms with Gasteiger partial charge in [-0.05, 0) is 36.8 Å². The van der Waals surface area contributed by atoms with Gasteiger partial charge in [-0.25, -0.2) is 0 Å². The molecule has 2 aromatic rings. The summed E-state index contributed by atoms with van der Waals surface area (Å²) in [5, 5.41) is 3.34. The van der Waals surface area contributed by atoms with Crippen molar-refractivity contribution in [3.05, 3.63) is 47.2 Å². The summed E-state index contributed by atoms with van der Waals surface area (Å²) in [4.78, 5) is 16.2. The molecule has 0 fully saturated rings. The van der Waals surface area contributed by atoms with Gasteiger partial charge in [-0.3, -0.25) is 9.78 Å². The molecule has 1 heterocycles. The van der Waals surface area contributed by atoms with E-state index in [0.29, 0.717) is 34.4 Å². The second-order valence-corrected chi connectivity index (χ2v) is 5.23. The van der Waals surface area contributed by atoms with Crippen molar-refractivity contribution >= 4 is 41.3 Å². The van der Waals surface area contributed by atoms with Crippen LogP contribution in [0.5, 0.6) is 5.75 Å². The lowest BCUT2D eigenvalue weighted by molar-refractivity contribution is -0.115. The lowest BCUT2D eigenvalue weighted by Crippen LogP contribution is -2.16. The molecular weight excluding hydrogens is 337 g/mol. The fraction of sp³-hybridized carbons (Fsp3) is 0.250. The van der Waals surface area contributed by atoms with E-state index in [1.807, 2.05) is 6.92 Å². The van der Waals surface area contributed by atoms with Crippen molar-refractivity contribution in [3.8, 4) is 5.75 Å². The Labute approximate surface area is 146 Å². The van der Waals surface area contributed by atoms with Crippen LogP contribution in [0, 0.1) is 0 Å². The van der Waals surface area contributed by atoms with E-state index in [0.717, 1.165) is 6.42 Å². The van der Waals surface area contributed by atoms with Gasteiger partial charge in [-0.1, -0.05) is 18.5 Å². The highest BCUT2D eigenvalue weighted by molar-refractivity contribution is 6.31. The summed E-state index contributed by atoms with van der Waals surface area (Å²) in [7, 11) is 0. The van der Waals surface area contributed by atoms with Crippen LogP contribution in [0.2, 0.25) is 5.02 Å². The molecule has 23 heavy (non-hydrogen) atoms. The van der Waals surface area contributed by atoms with Crippen molar-refractivity contribution in [1.29, 1.82) is 0 Å².